The van der Waals surface area contributed by atoms with Gasteiger partial charge in [-0.2, -0.15) is 0 Å². The van der Waals surface area contributed by atoms with E-state index in [0.717, 1.165) is 42.7 Å². The maximum atomic E-state index is 5.66. The molecule has 0 saturated carbocycles. The topological polar surface area (TPSA) is 9.23 Å². The Hall–Kier alpha value is -1.76. The van der Waals surface area contributed by atoms with E-state index < -0.39 is 0 Å². The molecule has 0 aromatic heterocycles. The van der Waals surface area contributed by atoms with Crippen molar-refractivity contribution in [3.8, 4) is 0 Å². The lowest BCUT2D eigenvalue weighted by atomic mass is 9.93. The Morgan fingerprint density at radius 2 is 1.54 bits per heavy atom. The molecular weight excluding hydrogens is 292 g/mol. The summed E-state index contributed by atoms with van der Waals surface area (Å²) in [6.45, 7) is 28.7. The second-order valence-electron chi connectivity index (χ2n) is 7.19. The minimum Gasteiger partial charge on any atom is -0.458 e. The summed E-state index contributed by atoms with van der Waals surface area (Å²) in [6.07, 6.45) is 9.10. The Bertz CT molecular complexity index is 502. The van der Waals surface area contributed by atoms with Gasteiger partial charge in [0.25, 0.3) is 0 Å². The van der Waals surface area contributed by atoms with E-state index in [1.54, 1.807) is 0 Å². The molecule has 0 aromatic rings. The summed E-state index contributed by atoms with van der Waals surface area (Å²) in [5.41, 5.74) is 3.20. The Morgan fingerprint density at radius 3 is 2.08 bits per heavy atom. The first-order valence-electron chi connectivity index (χ1n) is 8.88. The van der Waals surface area contributed by atoms with Gasteiger partial charge in [-0.3, -0.25) is 0 Å². The maximum absolute atomic E-state index is 5.66. The zero-order valence-electron chi connectivity index (χ0n) is 16.3. The molecule has 134 valence electrons. The van der Waals surface area contributed by atoms with Gasteiger partial charge in [0.1, 0.15) is 11.5 Å². The zero-order valence-corrected chi connectivity index (χ0v) is 16.3. The smallest absolute Gasteiger partial charge is 0.122 e. The van der Waals surface area contributed by atoms with Crippen LogP contribution in [0.1, 0.15) is 59.8 Å². The van der Waals surface area contributed by atoms with E-state index in [2.05, 4.69) is 53.7 Å². The van der Waals surface area contributed by atoms with Crippen molar-refractivity contribution in [3.63, 3.8) is 0 Å². The standard InChI is InChI=1S/C23H36O/c1-17(2)11-10-12-21(7)23(9)24-22(8)16-15-20(6)19(5)14-13-18(3)4/h15-16,18-19H,1,6-14H2,2-5H3. The number of allylic oxidation sites excluding steroid dienone is 5. The van der Waals surface area contributed by atoms with Crippen LogP contribution in [0.4, 0.5) is 0 Å². The van der Waals surface area contributed by atoms with E-state index in [-0.39, 0.29) is 0 Å². The fourth-order valence-corrected chi connectivity index (χ4v) is 2.14. The van der Waals surface area contributed by atoms with Crippen molar-refractivity contribution in [2.75, 3.05) is 0 Å². The Balaban J connectivity index is 4.26. The second kappa shape index (κ2) is 11.7. The van der Waals surface area contributed by atoms with E-state index in [0.29, 0.717) is 17.4 Å². The Labute approximate surface area is 150 Å². The van der Waals surface area contributed by atoms with E-state index in [1.165, 1.54) is 12.0 Å². The number of rotatable bonds is 13. The van der Waals surface area contributed by atoms with Gasteiger partial charge in [0, 0.05) is 0 Å². The van der Waals surface area contributed by atoms with Crippen LogP contribution in [0.5, 0.6) is 0 Å². The molecule has 1 atom stereocenters. The normalized spacial score (nSPS) is 12.2. The molecule has 0 aliphatic rings. The summed E-state index contributed by atoms with van der Waals surface area (Å²) in [4.78, 5) is 0. The van der Waals surface area contributed by atoms with E-state index >= 15 is 0 Å². The number of hydrogen-bond acceptors (Lipinski definition) is 1. The van der Waals surface area contributed by atoms with Crippen LogP contribution in [0.15, 0.2) is 73.3 Å². The first-order chi connectivity index (χ1) is 11.1. The molecule has 0 amide bonds. The summed E-state index contributed by atoms with van der Waals surface area (Å²) < 4.78 is 5.66. The molecule has 0 N–H and O–H groups in total. The van der Waals surface area contributed by atoms with Crippen molar-refractivity contribution in [3.05, 3.63) is 73.3 Å². The predicted molar refractivity (Wildman–Crippen MR) is 109 cm³/mol. The summed E-state index contributed by atoms with van der Waals surface area (Å²) in [6, 6.07) is 0. The number of hydrogen-bond donors (Lipinski definition) is 0. The van der Waals surface area contributed by atoms with Crippen molar-refractivity contribution in [2.45, 2.75) is 59.8 Å². The summed E-state index contributed by atoms with van der Waals surface area (Å²) in [7, 11) is 0. The zero-order chi connectivity index (χ0) is 18.7. The minimum atomic E-state index is 0.469. The number of ether oxygens (including phenoxy) is 1. The van der Waals surface area contributed by atoms with Crippen LogP contribution in [0, 0.1) is 11.8 Å². The van der Waals surface area contributed by atoms with E-state index in [1.807, 2.05) is 19.1 Å². The van der Waals surface area contributed by atoms with Crippen molar-refractivity contribution in [2.24, 2.45) is 11.8 Å². The SMILES string of the molecule is C=C(C)CCCC(=C)C(=C)OC(=C)C=CC(=C)C(C)CCC(C)C. The van der Waals surface area contributed by atoms with Crippen LogP contribution in [0.25, 0.3) is 0 Å². The van der Waals surface area contributed by atoms with Crippen LogP contribution in [-0.4, -0.2) is 0 Å². The van der Waals surface area contributed by atoms with Gasteiger partial charge in [-0.05, 0) is 56.1 Å². The summed E-state index contributed by atoms with van der Waals surface area (Å²) >= 11 is 0. The highest BCUT2D eigenvalue weighted by molar-refractivity contribution is 5.27. The lowest BCUT2D eigenvalue weighted by Crippen LogP contribution is -1.99. The third-order valence-electron chi connectivity index (χ3n) is 4.02. The molecule has 0 spiro atoms. The van der Waals surface area contributed by atoms with Crippen LogP contribution in [0.3, 0.4) is 0 Å². The molecule has 0 radical (unpaired) electrons. The third-order valence-corrected chi connectivity index (χ3v) is 4.02. The molecule has 0 saturated heterocycles. The molecule has 0 aliphatic carbocycles. The van der Waals surface area contributed by atoms with Gasteiger partial charge in [-0.1, -0.05) is 70.7 Å². The van der Waals surface area contributed by atoms with Gasteiger partial charge in [0.2, 0.25) is 0 Å². The minimum absolute atomic E-state index is 0.469. The molecule has 0 aromatic carbocycles. The summed E-state index contributed by atoms with van der Waals surface area (Å²) in [5.74, 6) is 2.35. The Morgan fingerprint density at radius 1 is 0.917 bits per heavy atom. The van der Waals surface area contributed by atoms with E-state index in [4.69, 9.17) is 4.74 Å². The second-order valence-corrected chi connectivity index (χ2v) is 7.19. The van der Waals surface area contributed by atoms with Crippen molar-refractivity contribution >= 4 is 0 Å². The van der Waals surface area contributed by atoms with Crippen molar-refractivity contribution < 1.29 is 4.74 Å². The van der Waals surface area contributed by atoms with Gasteiger partial charge in [0.15, 0.2) is 0 Å². The average molecular weight is 329 g/mol. The first kappa shape index (κ1) is 22.2. The van der Waals surface area contributed by atoms with Crippen molar-refractivity contribution in [1.82, 2.24) is 0 Å². The molecular formula is C23H36O. The van der Waals surface area contributed by atoms with Gasteiger partial charge >= 0.3 is 0 Å². The molecule has 0 bridgehead atoms. The molecule has 1 unspecified atom stereocenters. The fourth-order valence-electron chi connectivity index (χ4n) is 2.14. The molecule has 1 nitrogen and oxygen atoms in total. The highest BCUT2D eigenvalue weighted by Crippen LogP contribution is 2.21. The first-order valence-corrected chi connectivity index (χ1v) is 8.88. The summed E-state index contributed by atoms with van der Waals surface area (Å²) in [5, 5.41) is 0. The van der Waals surface area contributed by atoms with Gasteiger partial charge < -0.3 is 4.74 Å². The molecule has 0 heterocycles. The molecule has 0 fully saturated rings. The molecule has 0 rings (SSSR count). The monoisotopic (exact) mass is 328 g/mol. The van der Waals surface area contributed by atoms with E-state index in [9.17, 15) is 0 Å². The Kier molecular flexibility index (Phi) is 10.9. The maximum Gasteiger partial charge on any atom is 0.122 e. The van der Waals surface area contributed by atoms with Crippen molar-refractivity contribution in [1.29, 1.82) is 0 Å². The third kappa shape index (κ3) is 10.9. The van der Waals surface area contributed by atoms with Crippen LogP contribution >= 0.6 is 0 Å². The molecule has 0 aliphatic heterocycles. The highest BCUT2D eigenvalue weighted by Gasteiger charge is 2.06. The highest BCUT2D eigenvalue weighted by atomic mass is 16.5. The largest absolute Gasteiger partial charge is 0.458 e. The quantitative estimate of drug-likeness (QED) is 0.193. The molecule has 1 heteroatoms. The average Bonchev–Trinajstić information content (AvgIpc) is 2.49. The fraction of sp³-hybridized carbons (Fsp3) is 0.478. The van der Waals surface area contributed by atoms with Gasteiger partial charge in [-0.25, -0.2) is 0 Å². The van der Waals surface area contributed by atoms with Crippen LogP contribution in [-0.2, 0) is 4.74 Å². The van der Waals surface area contributed by atoms with Gasteiger partial charge in [-0.15, -0.1) is 6.58 Å². The van der Waals surface area contributed by atoms with Gasteiger partial charge in [0.05, 0.1) is 0 Å². The predicted octanol–water partition coefficient (Wildman–Crippen LogP) is 7.52. The van der Waals surface area contributed by atoms with Crippen LogP contribution < -0.4 is 0 Å². The lowest BCUT2D eigenvalue weighted by Gasteiger charge is -2.14. The van der Waals surface area contributed by atoms with Crippen LogP contribution in [0.2, 0.25) is 0 Å². The lowest BCUT2D eigenvalue weighted by molar-refractivity contribution is 0.331. The molecule has 24 heavy (non-hydrogen) atoms.